The van der Waals surface area contributed by atoms with E-state index in [1.165, 1.54) is 16.7 Å². The highest BCUT2D eigenvalue weighted by Crippen LogP contribution is 2.38. The number of rotatable bonds is 10. The molecule has 1 unspecified atom stereocenters. The van der Waals surface area contributed by atoms with Crippen molar-refractivity contribution in [3.05, 3.63) is 217 Å². The van der Waals surface area contributed by atoms with Gasteiger partial charge in [0.1, 0.15) is 11.6 Å². The molecule has 6 nitrogen and oxygen atoms in total. The van der Waals surface area contributed by atoms with E-state index in [2.05, 4.69) is 191 Å². The molecule has 0 saturated carbocycles. The van der Waals surface area contributed by atoms with Gasteiger partial charge < -0.3 is 16.4 Å². The number of hydrogen-bond donors (Lipinski definition) is 3. The van der Waals surface area contributed by atoms with E-state index >= 15 is 0 Å². The lowest BCUT2D eigenvalue weighted by Gasteiger charge is -2.18. The van der Waals surface area contributed by atoms with Crippen molar-refractivity contribution in [1.82, 2.24) is 25.2 Å². The van der Waals surface area contributed by atoms with E-state index in [4.69, 9.17) is 15.7 Å². The molecule has 10 rings (SSSR count). The summed E-state index contributed by atoms with van der Waals surface area (Å²) in [6.07, 6.45) is 10.3. The van der Waals surface area contributed by atoms with E-state index < -0.39 is 0 Å². The molecule has 0 bridgehead atoms. The van der Waals surface area contributed by atoms with Gasteiger partial charge in [-0.1, -0.05) is 170 Å². The van der Waals surface area contributed by atoms with Gasteiger partial charge >= 0.3 is 0 Å². The van der Waals surface area contributed by atoms with Gasteiger partial charge in [-0.3, -0.25) is 9.55 Å². The molecule has 0 aliphatic carbocycles. The molecular formula is C53H42N6. The Labute approximate surface area is 343 Å². The van der Waals surface area contributed by atoms with Gasteiger partial charge in [0.15, 0.2) is 0 Å². The van der Waals surface area contributed by atoms with Gasteiger partial charge in [-0.15, -0.1) is 0 Å². The Morgan fingerprint density at radius 1 is 0.644 bits per heavy atom. The number of dihydropyridines is 1. The second-order valence-electron chi connectivity index (χ2n) is 14.9. The summed E-state index contributed by atoms with van der Waals surface area (Å²) in [7, 11) is 0. The number of allylic oxidation sites excluding steroid dienone is 2. The van der Waals surface area contributed by atoms with Crippen LogP contribution in [0, 0.1) is 0 Å². The SMILES string of the molecule is NC(/C=C(\NCc1ccccc1)c1ccc(-c2ccc(-c3nc4c5ccccc5c5ncccc5c4n3C3=CC=CCN3)cc2)cc1)c1ccc(-c2ccccc2)cc1. The van der Waals surface area contributed by atoms with Crippen LogP contribution in [-0.4, -0.2) is 21.1 Å². The Hall–Kier alpha value is -7.54. The van der Waals surface area contributed by atoms with Gasteiger partial charge in [0.05, 0.1) is 22.6 Å². The number of aromatic nitrogens is 3. The molecule has 1 atom stereocenters. The number of imidazole rings is 1. The van der Waals surface area contributed by atoms with E-state index in [-0.39, 0.29) is 6.04 Å². The third kappa shape index (κ3) is 7.07. The lowest BCUT2D eigenvalue weighted by atomic mass is 9.98. The molecule has 2 aromatic heterocycles. The second-order valence-corrected chi connectivity index (χ2v) is 14.9. The minimum Gasteiger partial charge on any atom is -0.381 e. The molecule has 0 fully saturated rings. The Morgan fingerprint density at radius 2 is 1.24 bits per heavy atom. The third-order valence-electron chi connectivity index (χ3n) is 11.2. The number of nitrogens with two attached hydrogens (primary N) is 1. The van der Waals surface area contributed by atoms with Crippen molar-refractivity contribution in [2.75, 3.05) is 6.54 Å². The summed E-state index contributed by atoms with van der Waals surface area (Å²) < 4.78 is 2.26. The van der Waals surface area contributed by atoms with Crippen molar-refractivity contribution in [3.63, 3.8) is 0 Å². The molecule has 4 N–H and O–H groups in total. The molecule has 59 heavy (non-hydrogen) atoms. The fraction of sp³-hybridized carbons (Fsp3) is 0.0566. The summed E-state index contributed by atoms with van der Waals surface area (Å²) >= 11 is 0. The second kappa shape index (κ2) is 15.8. The number of hydrogen-bond acceptors (Lipinski definition) is 5. The highest BCUT2D eigenvalue weighted by Gasteiger charge is 2.22. The fourth-order valence-electron chi connectivity index (χ4n) is 8.10. The first-order valence-electron chi connectivity index (χ1n) is 20.1. The topological polar surface area (TPSA) is 80.8 Å². The first-order chi connectivity index (χ1) is 29.2. The number of nitrogens with zero attached hydrogens (tertiary/aromatic N) is 3. The maximum Gasteiger partial charge on any atom is 0.146 e. The number of pyridine rings is 1. The molecule has 1 aliphatic heterocycles. The fourth-order valence-corrected chi connectivity index (χ4v) is 8.10. The van der Waals surface area contributed by atoms with Crippen LogP contribution in [-0.2, 0) is 6.54 Å². The molecule has 6 heteroatoms. The van der Waals surface area contributed by atoms with Crippen LogP contribution in [0.1, 0.15) is 22.7 Å². The van der Waals surface area contributed by atoms with Crippen molar-refractivity contribution in [1.29, 1.82) is 0 Å². The molecule has 7 aromatic carbocycles. The summed E-state index contributed by atoms with van der Waals surface area (Å²) in [5, 5.41) is 10.6. The average molecular weight is 763 g/mol. The largest absolute Gasteiger partial charge is 0.381 e. The first-order valence-corrected chi connectivity index (χ1v) is 20.1. The van der Waals surface area contributed by atoms with E-state index in [1.54, 1.807) is 0 Å². The van der Waals surface area contributed by atoms with Gasteiger partial charge in [-0.2, -0.15) is 0 Å². The molecule has 0 spiro atoms. The summed E-state index contributed by atoms with van der Waals surface area (Å²) in [5.74, 6) is 1.86. The Bertz CT molecular complexity index is 3020. The monoisotopic (exact) mass is 762 g/mol. The maximum atomic E-state index is 6.87. The number of fused-ring (bicyclic) bond motifs is 6. The molecule has 9 aromatic rings. The van der Waals surface area contributed by atoms with Crippen molar-refractivity contribution < 1.29 is 0 Å². The van der Waals surface area contributed by atoms with Crippen LogP contribution < -0.4 is 16.4 Å². The van der Waals surface area contributed by atoms with E-state index in [0.29, 0.717) is 6.54 Å². The van der Waals surface area contributed by atoms with Gasteiger partial charge in [0, 0.05) is 46.7 Å². The molecule has 0 radical (unpaired) electrons. The molecule has 1 aliphatic rings. The normalized spacial score (nSPS) is 13.4. The summed E-state index contributed by atoms with van der Waals surface area (Å²) in [4.78, 5) is 10.2. The minimum atomic E-state index is -0.294. The van der Waals surface area contributed by atoms with Crippen LogP contribution in [0.4, 0.5) is 0 Å². The molecule has 284 valence electrons. The van der Waals surface area contributed by atoms with Crippen LogP contribution >= 0.6 is 0 Å². The number of benzene rings is 7. The zero-order chi connectivity index (χ0) is 39.5. The highest BCUT2D eigenvalue weighted by atomic mass is 15.2. The van der Waals surface area contributed by atoms with Crippen molar-refractivity contribution in [2.45, 2.75) is 12.6 Å². The van der Waals surface area contributed by atoms with Gasteiger partial charge in [-0.25, -0.2) is 4.98 Å². The van der Waals surface area contributed by atoms with Crippen molar-refractivity contribution in [3.8, 4) is 33.6 Å². The Balaban J connectivity index is 0.977. The van der Waals surface area contributed by atoms with Crippen LogP contribution in [0.25, 0.3) is 77.9 Å². The summed E-state index contributed by atoms with van der Waals surface area (Å²) in [6.45, 7) is 1.43. The predicted molar refractivity (Wildman–Crippen MR) is 245 cm³/mol. The van der Waals surface area contributed by atoms with Crippen LogP contribution in [0.5, 0.6) is 0 Å². The molecular weight excluding hydrogens is 721 g/mol. The predicted octanol–water partition coefficient (Wildman–Crippen LogP) is 11.5. The third-order valence-corrected chi connectivity index (χ3v) is 11.2. The standard InChI is InChI=1S/C53H42N6/c54-47(41-26-20-38(21-27-41)37-14-5-2-6-15-37)34-48(57-35-36-12-3-1-4-13-36)42-28-22-39(23-29-42)40-24-30-43(31-25-40)53-58-51-45-17-8-7-16-44(45)50-46(18-11-33-56-50)52(51)59(53)49-19-9-10-32-55-49/h1-31,33-34,47,55,57H,32,35,54H2/b48-34-. The van der Waals surface area contributed by atoms with Crippen molar-refractivity contribution >= 4 is 44.2 Å². The summed E-state index contributed by atoms with van der Waals surface area (Å²) in [6, 6.07) is 59.2. The van der Waals surface area contributed by atoms with E-state index in [1.807, 2.05) is 24.4 Å². The summed E-state index contributed by atoms with van der Waals surface area (Å²) in [5.41, 5.74) is 19.8. The molecule has 0 saturated heterocycles. The Morgan fingerprint density at radius 3 is 1.93 bits per heavy atom. The van der Waals surface area contributed by atoms with Crippen LogP contribution in [0.3, 0.4) is 0 Å². The maximum absolute atomic E-state index is 6.87. The average Bonchev–Trinajstić information content (AvgIpc) is 3.73. The van der Waals surface area contributed by atoms with Gasteiger partial charge in [-0.05, 0) is 63.2 Å². The number of nitrogens with one attached hydrogen (secondary N) is 2. The molecule has 3 heterocycles. The quantitative estimate of drug-likeness (QED) is 0.121. The van der Waals surface area contributed by atoms with E-state index in [0.717, 1.165) is 84.4 Å². The zero-order valence-corrected chi connectivity index (χ0v) is 32.5. The van der Waals surface area contributed by atoms with Gasteiger partial charge in [0.25, 0.3) is 0 Å². The lowest BCUT2D eigenvalue weighted by Crippen LogP contribution is -2.20. The van der Waals surface area contributed by atoms with E-state index in [9.17, 15) is 0 Å². The Kier molecular flexibility index (Phi) is 9.58. The van der Waals surface area contributed by atoms with Crippen LogP contribution in [0.15, 0.2) is 200 Å². The zero-order valence-electron chi connectivity index (χ0n) is 32.5. The smallest absolute Gasteiger partial charge is 0.146 e. The van der Waals surface area contributed by atoms with Crippen LogP contribution in [0.2, 0.25) is 0 Å². The first kappa shape index (κ1) is 35.8. The van der Waals surface area contributed by atoms with Gasteiger partial charge in [0.2, 0.25) is 0 Å². The minimum absolute atomic E-state index is 0.294. The lowest BCUT2D eigenvalue weighted by molar-refractivity contribution is 0.858. The highest BCUT2D eigenvalue weighted by molar-refractivity contribution is 6.23. The van der Waals surface area contributed by atoms with Crippen molar-refractivity contribution in [2.24, 2.45) is 5.73 Å². The molecule has 0 amide bonds.